The molecule has 4 heteroatoms. The molecule has 17 heavy (non-hydrogen) atoms. The maximum atomic E-state index is 11.1. The number of rotatable bonds is 3. The maximum absolute atomic E-state index is 11.1. The number of hydrogen-bond donors (Lipinski definition) is 1. The van der Waals surface area contributed by atoms with Gasteiger partial charge in [-0.05, 0) is 38.3 Å². The van der Waals surface area contributed by atoms with Gasteiger partial charge in [-0.2, -0.15) is 0 Å². The van der Waals surface area contributed by atoms with E-state index in [1.807, 2.05) is 19.1 Å². The van der Waals surface area contributed by atoms with Crippen molar-refractivity contribution in [2.24, 2.45) is 5.92 Å². The number of nitrogens with zero attached hydrogens (tertiary/aromatic N) is 1. The number of carbonyl (C=O) groups is 1. The van der Waals surface area contributed by atoms with Crippen LogP contribution in [0.5, 0.6) is 5.75 Å². The van der Waals surface area contributed by atoms with E-state index in [9.17, 15) is 4.79 Å². The Morgan fingerprint density at radius 2 is 2.18 bits per heavy atom. The van der Waals surface area contributed by atoms with Gasteiger partial charge < -0.3 is 9.84 Å². The van der Waals surface area contributed by atoms with Crippen LogP contribution in [0.1, 0.15) is 31.4 Å². The average Bonchev–Trinajstić information content (AvgIpc) is 2.32. The van der Waals surface area contributed by atoms with Crippen molar-refractivity contribution in [1.29, 1.82) is 0 Å². The summed E-state index contributed by atoms with van der Waals surface area (Å²) in [5.41, 5.74) is 0.927. The standard InChI is InChI=1S/C13H17NO3/c1-9-6-7-10(8-14-9)17-12-5-3-2-4-11(12)13(15)16/h6-8,11-12H,2-5H2,1H3,(H,15,16). The van der Waals surface area contributed by atoms with E-state index in [0.29, 0.717) is 12.2 Å². The van der Waals surface area contributed by atoms with Crippen LogP contribution in [-0.4, -0.2) is 22.2 Å². The molecule has 1 saturated carbocycles. The molecule has 1 aliphatic carbocycles. The Bertz CT molecular complexity index is 388. The lowest BCUT2D eigenvalue weighted by molar-refractivity contribution is -0.146. The summed E-state index contributed by atoms with van der Waals surface area (Å²) in [6, 6.07) is 3.71. The molecule has 1 heterocycles. The first kappa shape index (κ1) is 11.9. The highest BCUT2D eigenvalue weighted by Crippen LogP contribution is 2.28. The predicted molar refractivity (Wildman–Crippen MR) is 63.0 cm³/mol. The molecule has 1 aromatic heterocycles. The normalized spacial score (nSPS) is 24.3. The molecule has 1 aromatic rings. The second-order valence-electron chi connectivity index (χ2n) is 4.52. The van der Waals surface area contributed by atoms with Gasteiger partial charge in [-0.3, -0.25) is 9.78 Å². The summed E-state index contributed by atoms with van der Waals surface area (Å²) in [7, 11) is 0. The van der Waals surface area contributed by atoms with E-state index in [1.165, 1.54) is 0 Å². The zero-order chi connectivity index (χ0) is 12.3. The highest BCUT2D eigenvalue weighted by atomic mass is 16.5. The Morgan fingerprint density at radius 3 is 2.82 bits per heavy atom. The number of aromatic nitrogens is 1. The van der Waals surface area contributed by atoms with E-state index in [2.05, 4.69) is 4.98 Å². The average molecular weight is 235 g/mol. The van der Waals surface area contributed by atoms with Crippen LogP contribution >= 0.6 is 0 Å². The topological polar surface area (TPSA) is 59.4 Å². The van der Waals surface area contributed by atoms with Gasteiger partial charge in [0.15, 0.2) is 0 Å². The lowest BCUT2D eigenvalue weighted by atomic mass is 9.86. The molecule has 0 amide bonds. The second kappa shape index (κ2) is 5.17. The van der Waals surface area contributed by atoms with Crippen molar-refractivity contribution in [3.8, 4) is 5.75 Å². The van der Waals surface area contributed by atoms with Gasteiger partial charge in [-0.15, -0.1) is 0 Å². The molecule has 2 unspecified atom stereocenters. The van der Waals surface area contributed by atoms with E-state index >= 15 is 0 Å². The Labute approximate surface area is 101 Å². The monoisotopic (exact) mass is 235 g/mol. The third-order valence-corrected chi connectivity index (χ3v) is 3.19. The molecule has 0 bridgehead atoms. The first-order valence-electron chi connectivity index (χ1n) is 5.99. The highest BCUT2D eigenvalue weighted by Gasteiger charge is 2.32. The van der Waals surface area contributed by atoms with E-state index in [-0.39, 0.29) is 12.0 Å². The predicted octanol–water partition coefficient (Wildman–Crippen LogP) is 2.41. The number of carboxylic acids is 1. The molecular weight excluding hydrogens is 218 g/mol. The third kappa shape index (κ3) is 2.96. The molecule has 2 atom stereocenters. The minimum Gasteiger partial charge on any atom is -0.488 e. The summed E-state index contributed by atoms with van der Waals surface area (Å²) in [5.74, 6) is -0.478. The van der Waals surface area contributed by atoms with Crippen LogP contribution < -0.4 is 4.74 Å². The summed E-state index contributed by atoms with van der Waals surface area (Å²) in [4.78, 5) is 15.3. The van der Waals surface area contributed by atoms with Crippen molar-refractivity contribution in [3.63, 3.8) is 0 Å². The fraction of sp³-hybridized carbons (Fsp3) is 0.538. The molecule has 2 rings (SSSR count). The first-order chi connectivity index (χ1) is 8.16. The summed E-state index contributed by atoms with van der Waals surface area (Å²) < 4.78 is 5.74. The van der Waals surface area contributed by atoms with Crippen molar-refractivity contribution in [3.05, 3.63) is 24.0 Å². The number of aliphatic carboxylic acids is 1. The molecule has 1 aliphatic rings. The van der Waals surface area contributed by atoms with Crippen LogP contribution in [0.4, 0.5) is 0 Å². The van der Waals surface area contributed by atoms with Gasteiger partial charge in [0.2, 0.25) is 0 Å². The summed E-state index contributed by atoms with van der Waals surface area (Å²) in [5, 5.41) is 9.14. The van der Waals surface area contributed by atoms with Gasteiger partial charge in [-0.25, -0.2) is 0 Å². The van der Waals surface area contributed by atoms with E-state index < -0.39 is 5.97 Å². The molecule has 0 saturated heterocycles. The first-order valence-corrected chi connectivity index (χ1v) is 5.99. The Balaban J connectivity index is 2.05. The molecule has 92 valence electrons. The number of carboxylic acid groups (broad SMARTS) is 1. The number of aryl methyl sites for hydroxylation is 1. The molecule has 0 aromatic carbocycles. The van der Waals surface area contributed by atoms with Gasteiger partial charge >= 0.3 is 5.97 Å². The molecule has 0 spiro atoms. The van der Waals surface area contributed by atoms with Crippen LogP contribution in [0, 0.1) is 12.8 Å². The number of hydrogen-bond acceptors (Lipinski definition) is 3. The molecule has 1 fully saturated rings. The SMILES string of the molecule is Cc1ccc(OC2CCCCC2C(=O)O)cn1. The van der Waals surface area contributed by atoms with Gasteiger partial charge in [0.25, 0.3) is 0 Å². The zero-order valence-electron chi connectivity index (χ0n) is 9.93. The van der Waals surface area contributed by atoms with Gasteiger partial charge in [0, 0.05) is 5.69 Å². The molecule has 1 N–H and O–H groups in total. The van der Waals surface area contributed by atoms with E-state index in [1.54, 1.807) is 6.20 Å². The van der Waals surface area contributed by atoms with Crippen molar-refractivity contribution in [2.75, 3.05) is 0 Å². The summed E-state index contributed by atoms with van der Waals surface area (Å²) in [6.07, 6.45) is 4.97. The number of pyridine rings is 1. The van der Waals surface area contributed by atoms with Crippen LogP contribution in [0.2, 0.25) is 0 Å². The van der Waals surface area contributed by atoms with Crippen molar-refractivity contribution < 1.29 is 14.6 Å². The zero-order valence-corrected chi connectivity index (χ0v) is 9.93. The molecular formula is C13H17NO3. The molecule has 0 aliphatic heterocycles. The fourth-order valence-corrected chi connectivity index (χ4v) is 2.22. The van der Waals surface area contributed by atoms with Crippen molar-refractivity contribution in [2.45, 2.75) is 38.7 Å². The Hall–Kier alpha value is -1.58. The van der Waals surface area contributed by atoms with Crippen molar-refractivity contribution >= 4 is 5.97 Å². The van der Waals surface area contributed by atoms with Crippen LogP contribution in [0.25, 0.3) is 0 Å². The summed E-state index contributed by atoms with van der Waals surface area (Å²) >= 11 is 0. The number of ether oxygens (including phenoxy) is 1. The lowest BCUT2D eigenvalue weighted by Crippen LogP contribution is -2.35. The van der Waals surface area contributed by atoms with E-state index in [4.69, 9.17) is 9.84 Å². The largest absolute Gasteiger partial charge is 0.488 e. The van der Waals surface area contributed by atoms with E-state index in [0.717, 1.165) is 25.0 Å². The Morgan fingerprint density at radius 1 is 1.41 bits per heavy atom. The van der Waals surface area contributed by atoms with Crippen molar-refractivity contribution in [1.82, 2.24) is 4.98 Å². The third-order valence-electron chi connectivity index (χ3n) is 3.19. The van der Waals surface area contributed by atoms with Crippen LogP contribution in [0.3, 0.4) is 0 Å². The quantitative estimate of drug-likeness (QED) is 0.874. The second-order valence-corrected chi connectivity index (χ2v) is 4.52. The van der Waals surface area contributed by atoms with Crippen LogP contribution in [-0.2, 0) is 4.79 Å². The molecule has 0 radical (unpaired) electrons. The summed E-state index contributed by atoms with van der Waals surface area (Å²) in [6.45, 7) is 1.91. The van der Waals surface area contributed by atoms with Gasteiger partial charge in [-0.1, -0.05) is 6.42 Å². The minimum absolute atomic E-state index is 0.217. The minimum atomic E-state index is -0.755. The van der Waals surface area contributed by atoms with Gasteiger partial charge in [0.1, 0.15) is 11.9 Å². The van der Waals surface area contributed by atoms with Crippen LogP contribution in [0.15, 0.2) is 18.3 Å². The fourth-order valence-electron chi connectivity index (χ4n) is 2.22. The van der Waals surface area contributed by atoms with Gasteiger partial charge in [0.05, 0.1) is 12.1 Å². The molecule has 4 nitrogen and oxygen atoms in total. The smallest absolute Gasteiger partial charge is 0.310 e. The maximum Gasteiger partial charge on any atom is 0.310 e. The highest BCUT2D eigenvalue weighted by molar-refractivity contribution is 5.70. The lowest BCUT2D eigenvalue weighted by Gasteiger charge is -2.28. The Kier molecular flexibility index (Phi) is 3.61.